The molecule has 0 radical (unpaired) electrons. The van der Waals surface area contributed by atoms with Crippen LogP contribution in [-0.2, 0) is 11.3 Å². The molecule has 0 fully saturated rings. The lowest BCUT2D eigenvalue weighted by atomic mass is 10.2. The molecule has 0 saturated carbocycles. The number of carbonyl (C=O) groups is 1. The van der Waals surface area contributed by atoms with Gasteiger partial charge in [-0.05, 0) is 37.6 Å². The summed E-state index contributed by atoms with van der Waals surface area (Å²) in [6.07, 6.45) is 3.30. The molecule has 0 saturated heterocycles. The molecule has 3 rings (SSSR count). The lowest BCUT2D eigenvalue weighted by molar-refractivity contribution is -0.115. The minimum Gasteiger partial charge on any atom is -0.310 e. The number of benzene rings is 1. The Labute approximate surface area is 172 Å². The number of aromatic nitrogens is 3. The third-order valence-electron chi connectivity index (χ3n) is 4.19. The Kier molecular flexibility index (Phi) is 6.70. The van der Waals surface area contributed by atoms with Gasteiger partial charge in [-0.15, -0.1) is 0 Å². The highest BCUT2D eigenvalue weighted by molar-refractivity contribution is 8.00. The lowest BCUT2D eigenvalue weighted by Gasteiger charge is -2.16. The van der Waals surface area contributed by atoms with Gasteiger partial charge in [0.2, 0.25) is 5.91 Å². The Bertz CT molecular complexity index is 1040. The molecule has 1 atom stereocenters. The van der Waals surface area contributed by atoms with Crippen molar-refractivity contribution in [2.75, 3.05) is 5.32 Å². The van der Waals surface area contributed by atoms with Crippen molar-refractivity contribution in [3.8, 4) is 0 Å². The molecule has 8 heteroatoms. The number of amides is 1. The van der Waals surface area contributed by atoms with Gasteiger partial charge >= 0.3 is 0 Å². The third kappa shape index (κ3) is 4.72. The van der Waals surface area contributed by atoms with Gasteiger partial charge in [-0.3, -0.25) is 14.2 Å². The molecule has 3 aromatic rings. The highest BCUT2D eigenvalue weighted by Gasteiger charge is 2.19. The van der Waals surface area contributed by atoms with Crippen molar-refractivity contribution in [2.45, 2.75) is 43.6 Å². The molecule has 6 nitrogen and oxygen atoms in total. The fourth-order valence-electron chi connectivity index (χ4n) is 2.64. The number of anilines is 1. The number of carbonyl (C=O) groups excluding carboxylic acids is 1. The Morgan fingerprint density at radius 3 is 2.79 bits per heavy atom. The van der Waals surface area contributed by atoms with Crippen molar-refractivity contribution < 1.29 is 4.79 Å². The van der Waals surface area contributed by atoms with Crippen molar-refractivity contribution >= 4 is 46.0 Å². The number of fused-ring (bicyclic) bond motifs is 1. The monoisotopic (exact) mass is 416 g/mol. The first-order chi connectivity index (χ1) is 13.5. The molecule has 0 spiro atoms. The Hall–Kier alpha value is -2.38. The van der Waals surface area contributed by atoms with Gasteiger partial charge < -0.3 is 5.32 Å². The molecule has 28 heavy (non-hydrogen) atoms. The van der Waals surface area contributed by atoms with Gasteiger partial charge in [0.1, 0.15) is 5.82 Å². The van der Waals surface area contributed by atoms with E-state index in [0.29, 0.717) is 33.4 Å². The number of thioether (sulfide) groups is 1. The van der Waals surface area contributed by atoms with Crippen LogP contribution in [0.15, 0.2) is 52.5 Å². The van der Waals surface area contributed by atoms with E-state index in [9.17, 15) is 9.59 Å². The van der Waals surface area contributed by atoms with Gasteiger partial charge in [0.25, 0.3) is 5.56 Å². The predicted molar refractivity (Wildman–Crippen MR) is 114 cm³/mol. The molecule has 0 aliphatic carbocycles. The summed E-state index contributed by atoms with van der Waals surface area (Å²) in [6.45, 7) is 4.42. The van der Waals surface area contributed by atoms with Crippen LogP contribution in [0.25, 0.3) is 10.9 Å². The molecule has 2 aromatic heterocycles. The molecule has 1 amide bonds. The van der Waals surface area contributed by atoms with E-state index < -0.39 is 5.25 Å². The van der Waals surface area contributed by atoms with Crippen molar-refractivity contribution in [1.29, 1.82) is 0 Å². The maximum atomic E-state index is 12.9. The molecule has 0 unspecified atom stereocenters. The number of rotatable bonds is 7. The highest BCUT2D eigenvalue weighted by Crippen LogP contribution is 2.24. The smallest absolute Gasteiger partial charge is 0.262 e. The summed E-state index contributed by atoms with van der Waals surface area (Å²) in [4.78, 5) is 34.2. The zero-order chi connectivity index (χ0) is 20.1. The van der Waals surface area contributed by atoms with E-state index in [1.165, 1.54) is 18.0 Å². The number of hydrogen-bond donors (Lipinski definition) is 1. The second-order valence-electron chi connectivity index (χ2n) is 6.33. The first-order valence-electron chi connectivity index (χ1n) is 9.08. The summed E-state index contributed by atoms with van der Waals surface area (Å²) in [7, 11) is 0. The number of para-hydroxylation sites is 1. The van der Waals surface area contributed by atoms with Crippen molar-refractivity contribution in [3.63, 3.8) is 0 Å². The van der Waals surface area contributed by atoms with Crippen molar-refractivity contribution in [3.05, 3.63) is 58.0 Å². The molecular weight excluding hydrogens is 396 g/mol. The standard InChI is InChI=1S/C20H21ClN4O2S/c1-3-4-11-25-19(27)15-7-5-6-8-16(15)23-20(25)28-13(2)18(26)24-17-10-9-14(21)12-22-17/h5-10,12-13H,3-4,11H2,1-2H3,(H,22,24,26)/t13-/m0/s1. The average molecular weight is 417 g/mol. The highest BCUT2D eigenvalue weighted by atomic mass is 35.5. The van der Waals surface area contributed by atoms with Gasteiger partial charge in [-0.1, -0.05) is 48.8 Å². The number of pyridine rings is 1. The largest absolute Gasteiger partial charge is 0.310 e. The van der Waals surface area contributed by atoms with E-state index in [1.807, 2.05) is 18.2 Å². The topological polar surface area (TPSA) is 76.9 Å². The van der Waals surface area contributed by atoms with E-state index in [0.717, 1.165) is 12.8 Å². The summed E-state index contributed by atoms with van der Waals surface area (Å²) in [5.74, 6) is 0.209. The van der Waals surface area contributed by atoms with Crippen molar-refractivity contribution in [1.82, 2.24) is 14.5 Å². The van der Waals surface area contributed by atoms with E-state index >= 15 is 0 Å². The van der Waals surface area contributed by atoms with Crippen LogP contribution in [-0.4, -0.2) is 25.7 Å². The summed E-state index contributed by atoms with van der Waals surface area (Å²) >= 11 is 7.09. The Balaban J connectivity index is 1.86. The first kappa shape index (κ1) is 20.4. The molecular formula is C20H21ClN4O2S. The summed E-state index contributed by atoms with van der Waals surface area (Å²) in [5.41, 5.74) is 0.559. The third-order valence-corrected chi connectivity index (χ3v) is 5.51. The van der Waals surface area contributed by atoms with Crippen LogP contribution in [0.2, 0.25) is 5.02 Å². The number of halogens is 1. The van der Waals surface area contributed by atoms with E-state index in [-0.39, 0.29) is 11.5 Å². The maximum Gasteiger partial charge on any atom is 0.262 e. The van der Waals surface area contributed by atoms with Gasteiger partial charge in [-0.2, -0.15) is 0 Å². The fourth-order valence-corrected chi connectivity index (χ4v) is 3.69. The number of nitrogens with zero attached hydrogens (tertiary/aromatic N) is 3. The quantitative estimate of drug-likeness (QED) is 0.457. The van der Waals surface area contributed by atoms with E-state index in [2.05, 4.69) is 22.2 Å². The van der Waals surface area contributed by atoms with Gasteiger partial charge in [0, 0.05) is 12.7 Å². The van der Waals surface area contributed by atoms with Gasteiger partial charge in [0.05, 0.1) is 21.2 Å². The van der Waals surface area contributed by atoms with Crippen molar-refractivity contribution in [2.24, 2.45) is 0 Å². The zero-order valence-corrected chi connectivity index (χ0v) is 17.3. The zero-order valence-electron chi connectivity index (χ0n) is 15.7. The summed E-state index contributed by atoms with van der Waals surface area (Å²) in [6, 6.07) is 10.6. The molecule has 1 aromatic carbocycles. The minimum absolute atomic E-state index is 0.0754. The second-order valence-corrected chi connectivity index (χ2v) is 8.08. The number of unbranched alkanes of at least 4 members (excludes halogenated alkanes) is 1. The van der Waals surface area contributed by atoms with Gasteiger partial charge in [-0.25, -0.2) is 9.97 Å². The first-order valence-corrected chi connectivity index (χ1v) is 10.3. The Morgan fingerprint density at radius 1 is 1.29 bits per heavy atom. The SMILES string of the molecule is CCCCn1c(S[C@@H](C)C(=O)Nc2ccc(Cl)cn2)nc2ccccc2c1=O. The molecule has 2 heterocycles. The number of nitrogens with one attached hydrogen (secondary N) is 1. The molecule has 0 aliphatic rings. The maximum absolute atomic E-state index is 12.9. The van der Waals surface area contributed by atoms with Crippen LogP contribution < -0.4 is 10.9 Å². The summed E-state index contributed by atoms with van der Waals surface area (Å²) in [5, 5.41) is 3.93. The van der Waals surface area contributed by atoms with Crippen LogP contribution in [0.3, 0.4) is 0 Å². The average Bonchev–Trinajstić information content (AvgIpc) is 2.69. The predicted octanol–water partition coefficient (Wildman–Crippen LogP) is 4.36. The van der Waals surface area contributed by atoms with Crippen LogP contribution >= 0.6 is 23.4 Å². The van der Waals surface area contributed by atoms with Crippen LogP contribution in [0.4, 0.5) is 5.82 Å². The molecule has 0 bridgehead atoms. The lowest BCUT2D eigenvalue weighted by Crippen LogP contribution is -2.27. The van der Waals surface area contributed by atoms with Crippen LogP contribution in [0.1, 0.15) is 26.7 Å². The summed E-state index contributed by atoms with van der Waals surface area (Å²) < 4.78 is 1.67. The van der Waals surface area contributed by atoms with E-state index in [4.69, 9.17) is 11.6 Å². The Morgan fingerprint density at radius 2 is 2.07 bits per heavy atom. The van der Waals surface area contributed by atoms with Crippen LogP contribution in [0.5, 0.6) is 0 Å². The number of hydrogen-bond acceptors (Lipinski definition) is 5. The van der Waals surface area contributed by atoms with Gasteiger partial charge in [0.15, 0.2) is 5.16 Å². The normalized spacial score (nSPS) is 12.1. The molecule has 0 aliphatic heterocycles. The minimum atomic E-state index is -0.460. The molecule has 146 valence electrons. The second kappa shape index (κ2) is 9.21. The van der Waals surface area contributed by atoms with E-state index in [1.54, 1.807) is 29.7 Å². The molecule has 1 N–H and O–H groups in total. The fraction of sp³-hybridized carbons (Fsp3) is 0.300. The van der Waals surface area contributed by atoms with Crippen LogP contribution in [0, 0.1) is 0 Å².